The van der Waals surface area contributed by atoms with Gasteiger partial charge in [-0.3, -0.25) is 29.4 Å². The van der Waals surface area contributed by atoms with Crippen molar-refractivity contribution in [2.75, 3.05) is 26.4 Å². The topological polar surface area (TPSA) is 163 Å². The van der Waals surface area contributed by atoms with E-state index in [1.165, 1.54) is 6.92 Å². The first-order valence-corrected chi connectivity index (χ1v) is 11.2. The molecule has 0 aromatic carbocycles. The lowest BCUT2D eigenvalue weighted by Gasteiger charge is -2.31. The number of esters is 4. The average Bonchev–Trinajstić information content (AvgIpc) is 2.82. The number of hydrogen-bond donors (Lipinski definition) is 1. The van der Waals surface area contributed by atoms with Crippen LogP contribution in [-0.2, 0) is 38.1 Å². The molecule has 0 radical (unpaired) electrons. The third-order valence-corrected chi connectivity index (χ3v) is 4.79. The molecule has 3 unspecified atom stereocenters. The lowest BCUT2D eigenvalue weighted by molar-refractivity contribution is -0.169. The SMILES string of the molecule is C=NC(C)CC(=O)OCC(COC(=O)/C=C(/C)O)(COC(=O)CC(C)N=C)COC(=O)CC(C)N=C. The molecular weight excluding hydrogens is 474 g/mol. The highest BCUT2D eigenvalue weighted by Gasteiger charge is 2.38. The Labute approximate surface area is 211 Å². The number of hydrogen-bond acceptors (Lipinski definition) is 12. The van der Waals surface area contributed by atoms with Crippen LogP contribution in [-0.4, -0.2) is 93.7 Å². The fraction of sp³-hybridized carbons (Fsp3) is 0.625. The molecule has 0 spiro atoms. The highest BCUT2D eigenvalue weighted by Crippen LogP contribution is 2.23. The Kier molecular flexibility index (Phi) is 15.3. The number of allylic oxidation sites excluding steroid dienone is 1. The largest absolute Gasteiger partial charge is 0.512 e. The van der Waals surface area contributed by atoms with Crippen LogP contribution in [0.5, 0.6) is 0 Å². The van der Waals surface area contributed by atoms with Gasteiger partial charge in [0.05, 0.1) is 49.2 Å². The van der Waals surface area contributed by atoms with Gasteiger partial charge in [-0.25, -0.2) is 4.79 Å². The van der Waals surface area contributed by atoms with E-state index in [1.54, 1.807) is 20.8 Å². The summed E-state index contributed by atoms with van der Waals surface area (Å²) in [6.45, 7) is 14.7. The van der Waals surface area contributed by atoms with Crippen LogP contribution in [0.2, 0.25) is 0 Å². The van der Waals surface area contributed by atoms with E-state index in [0.717, 1.165) is 6.08 Å². The third-order valence-electron chi connectivity index (χ3n) is 4.79. The lowest BCUT2D eigenvalue weighted by atomic mass is 9.92. The van der Waals surface area contributed by atoms with Gasteiger partial charge in [-0.2, -0.15) is 0 Å². The van der Waals surface area contributed by atoms with Gasteiger partial charge in [0, 0.05) is 0 Å². The summed E-state index contributed by atoms with van der Waals surface area (Å²) < 4.78 is 21.2. The molecule has 0 amide bonds. The number of ether oxygens (including phenoxy) is 4. The molecule has 36 heavy (non-hydrogen) atoms. The molecule has 0 fully saturated rings. The fourth-order valence-electron chi connectivity index (χ4n) is 2.48. The molecule has 1 N–H and O–H groups in total. The van der Waals surface area contributed by atoms with E-state index in [9.17, 15) is 24.3 Å². The van der Waals surface area contributed by atoms with Crippen LogP contribution in [0.1, 0.15) is 47.0 Å². The molecule has 0 heterocycles. The minimum atomic E-state index is -1.45. The van der Waals surface area contributed by atoms with Gasteiger partial charge in [-0.1, -0.05) is 0 Å². The first kappa shape index (κ1) is 32.4. The van der Waals surface area contributed by atoms with E-state index in [1.807, 2.05) is 0 Å². The summed E-state index contributed by atoms with van der Waals surface area (Å²) in [6, 6.07) is -1.21. The maximum atomic E-state index is 12.3. The van der Waals surface area contributed by atoms with Gasteiger partial charge in [-0.05, 0) is 47.8 Å². The van der Waals surface area contributed by atoms with E-state index < -0.39 is 73.8 Å². The van der Waals surface area contributed by atoms with E-state index in [2.05, 4.69) is 35.1 Å². The summed E-state index contributed by atoms with van der Waals surface area (Å²) in [6.07, 6.45) is 0.615. The van der Waals surface area contributed by atoms with Gasteiger partial charge in [0.15, 0.2) is 0 Å². The summed E-state index contributed by atoms with van der Waals surface area (Å²) >= 11 is 0. The summed E-state index contributed by atoms with van der Waals surface area (Å²) in [4.78, 5) is 60.0. The first-order chi connectivity index (χ1) is 16.9. The number of aliphatic hydroxyl groups is 1. The second-order valence-corrected chi connectivity index (χ2v) is 8.58. The molecule has 0 aromatic rings. The van der Waals surface area contributed by atoms with Gasteiger partial charge in [0.2, 0.25) is 0 Å². The molecule has 0 saturated heterocycles. The van der Waals surface area contributed by atoms with Crippen LogP contribution in [0.15, 0.2) is 26.8 Å². The Bertz CT molecular complexity index is 743. The van der Waals surface area contributed by atoms with Crippen molar-refractivity contribution in [3.63, 3.8) is 0 Å². The van der Waals surface area contributed by atoms with Crippen molar-refractivity contribution in [2.45, 2.75) is 65.1 Å². The monoisotopic (exact) mass is 511 g/mol. The van der Waals surface area contributed by atoms with Crippen molar-refractivity contribution >= 4 is 44.0 Å². The van der Waals surface area contributed by atoms with Crippen LogP contribution in [0.3, 0.4) is 0 Å². The highest BCUT2D eigenvalue weighted by atomic mass is 16.6. The van der Waals surface area contributed by atoms with Crippen LogP contribution < -0.4 is 0 Å². The van der Waals surface area contributed by atoms with Gasteiger partial charge in [0.25, 0.3) is 0 Å². The Balaban J connectivity index is 5.81. The number of aliphatic hydroxyl groups excluding tert-OH is 1. The molecule has 0 aromatic heterocycles. The van der Waals surface area contributed by atoms with Crippen LogP contribution in [0.25, 0.3) is 0 Å². The maximum Gasteiger partial charge on any atom is 0.334 e. The summed E-state index contributed by atoms with van der Waals surface area (Å²) in [5.74, 6) is -3.10. The summed E-state index contributed by atoms with van der Waals surface area (Å²) in [7, 11) is 0. The molecule has 12 heteroatoms. The Hall–Kier alpha value is -3.57. The van der Waals surface area contributed by atoms with E-state index >= 15 is 0 Å². The third kappa shape index (κ3) is 14.6. The molecule has 0 rings (SSSR count). The van der Waals surface area contributed by atoms with Crippen molar-refractivity contribution in [3.05, 3.63) is 11.8 Å². The standard InChI is InChI=1S/C24H37N3O9/c1-16(25-5)8-20(29)33-12-24(15-36-23(32)11-19(4)28,13-34-21(30)9-17(2)26-6)14-35-22(31)10-18(3)27-7/h11,16-18,28H,5-10,12-15H2,1-4H3/b19-11-. The van der Waals surface area contributed by atoms with E-state index in [-0.39, 0.29) is 25.0 Å². The minimum absolute atomic E-state index is 0.0730. The molecule has 12 nitrogen and oxygen atoms in total. The zero-order chi connectivity index (χ0) is 27.7. The predicted molar refractivity (Wildman–Crippen MR) is 134 cm³/mol. The van der Waals surface area contributed by atoms with Gasteiger partial charge in [-0.15, -0.1) is 0 Å². The molecule has 0 aliphatic carbocycles. The second-order valence-electron chi connectivity index (χ2n) is 8.58. The molecule has 202 valence electrons. The molecule has 0 bridgehead atoms. The number of rotatable bonds is 18. The summed E-state index contributed by atoms with van der Waals surface area (Å²) in [5.41, 5.74) is -1.45. The van der Waals surface area contributed by atoms with Crippen molar-refractivity contribution < 1.29 is 43.2 Å². The zero-order valence-electron chi connectivity index (χ0n) is 21.4. The van der Waals surface area contributed by atoms with Gasteiger partial charge < -0.3 is 24.1 Å². The van der Waals surface area contributed by atoms with Gasteiger partial charge >= 0.3 is 23.9 Å². The second kappa shape index (κ2) is 17.0. The molecule has 3 atom stereocenters. The molecular formula is C24H37N3O9. The smallest absolute Gasteiger partial charge is 0.334 e. The van der Waals surface area contributed by atoms with Crippen molar-refractivity contribution in [3.8, 4) is 0 Å². The van der Waals surface area contributed by atoms with Crippen LogP contribution >= 0.6 is 0 Å². The average molecular weight is 512 g/mol. The van der Waals surface area contributed by atoms with Gasteiger partial charge in [0.1, 0.15) is 31.8 Å². The highest BCUT2D eigenvalue weighted by molar-refractivity contribution is 5.82. The molecule has 0 aliphatic heterocycles. The minimum Gasteiger partial charge on any atom is -0.512 e. The molecule has 0 saturated carbocycles. The first-order valence-electron chi connectivity index (χ1n) is 11.2. The normalized spacial score (nSPS) is 15.3. The maximum absolute atomic E-state index is 12.3. The van der Waals surface area contributed by atoms with Crippen molar-refractivity contribution in [1.29, 1.82) is 0 Å². The number of carbonyl (C=O) groups is 4. The Morgan fingerprint density at radius 2 is 1.03 bits per heavy atom. The molecule has 0 aliphatic rings. The van der Waals surface area contributed by atoms with Crippen LogP contribution in [0, 0.1) is 5.41 Å². The summed E-state index contributed by atoms with van der Waals surface area (Å²) in [5, 5.41) is 9.31. The lowest BCUT2D eigenvalue weighted by Crippen LogP contribution is -2.44. The van der Waals surface area contributed by atoms with Crippen molar-refractivity contribution in [2.24, 2.45) is 20.4 Å². The Morgan fingerprint density at radius 1 is 0.722 bits per heavy atom. The zero-order valence-corrected chi connectivity index (χ0v) is 21.4. The quantitative estimate of drug-likeness (QED) is 0.0953. The number of aliphatic imine (C=N–C) groups is 3. The number of nitrogens with zero attached hydrogens (tertiary/aromatic N) is 3. The van der Waals surface area contributed by atoms with E-state index in [4.69, 9.17) is 18.9 Å². The number of carbonyl (C=O) groups excluding carboxylic acids is 4. The fourth-order valence-corrected chi connectivity index (χ4v) is 2.48. The van der Waals surface area contributed by atoms with Crippen molar-refractivity contribution in [1.82, 2.24) is 0 Å². The van der Waals surface area contributed by atoms with Crippen LogP contribution in [0.4, 0.5) is 0 Å². The van der Waals surface area contributed by atoms with E-state index in [0.29, 0.717) is 0 Å². The predicted octanol–water partition coefficient (Wildman–Crippen LogP) is 2.05. The Morgan fingerprint density at radius 3 is 1.31 bits per heavy atom.